The molecule has 1 atom stereocenters. The van der Waals surface area contributed by atoms with Gasteiger partial charge in [-0.2, -0.15) is 0 Å². The first kappa shape index (κ1) is 9.48. The zero-order chi connectivity index (χ0) is 9.14. The van der Waals surface area contributed by atoms with Crippen LogP contribution in [0.25, 0.3) is 0 Å². The van der Waals surface area contributed by atoms with Crippen LogP contribution in [0.1, 0.15) is 6.92 Å². The van der Waals surface area contributed by atoms with Gasteiger partial charge in [0.1, 0.15) is 11.6 Å². The van der Waals surface area contributed by atoms with Crippen LogP contribution in [0, 0.1) is 11.6 Å². The quantitative estimate of drug-likeness (QED) is 0.655. The molecule has 0 radical (unpaired) electrons. The lowest BCUT2D eigenvalue weighted by atomic mass is 10.3. The van der Waals surface area contributed by atoms with E-state index in [4.69, 9.17) is 0 Å². The molecule has 1 nitrogen and oxygen atoms in total. The summed E-state index contributed by atoms with van der Waals surface area (Å²) in [5.74, 6) is -1.05. The first-order valence-corrected chi connectivity index (χ1v) is 4.80. The minimum Gasteiger partial charge on any atom is -0.611 e. The van der Waals surface area contributed by atoms with Crippen molar-refractivity contribution in [1.29, 1.82) is 0 Å². The molecule has 0 N–H and O–H groups in total. The highest BCUT2D eigenvalue weighted by Gasteiger charge is 2.14. The van der Waals surface area contributed by atoms with Crippen LogP contribution in [0.2, 0.25) is 0 Å². The fraction of sp³-hybridized carbons (Fsp3) is 0.250. The van der Waals surface area contributed by atoms with Crippen LogP contribution in [0.4, 0.5) is 8.78 Å². The number of benzene rings is 1. The first-order valence-electron chi connectivity index (χ1n) is 3.48. The maximum absolute atomic E-state index is 12.9. The molecule has 0 aliphatic heterocycles. The van der Waals surface area contributed by atoms with Crippen LogP contribution in [0.15, 0.2) is 23.1 Å². The summed E-state index contributed by atoms with van der Waals surface area (Å²) >= 11 is -1.35. The molecule has 0 aliphatic carbocycles. The van der Waals surface area contributed by atoms with Gasteiger partial charge in [-0.05, 0) is 30.2 Å². The summed E-state index contributed by atoms with van der Waals surface area (Å²) in [5.41, 5.74) is 0. The molecule has 0 amide bonds. The van der Waals surface area contributed by atoms with Crippen LogP contribution in [-0.2, 0) is 11.2 Å². The third-order valence-corrected chi connectivity index (χ3v) is 2.75. The van der Waals surface area contributed by atoms with E-state index in [-0.39, 0.29) is 4.90 Å². The molecule has 0 aliphatic rings. The summed E-state index contributed by atoms with van der Waals surface area (Å²) < 4.78 is 36.3. The lowest BCUT2D eigenvalue weighted by Crippen LogP contribution is -2.06. The fourth-order valence-electron chi connectivity index (χ4n) is 0.815. The van der Waals surface area contributed by atoms with Crippen LogP contribution >= 0.6 is 0 Å². The molecule has 1 unspecified atom stereocenters. The Hall–Kier alpha value is -0.610. The van der Waals surface area contributed by atoms with Crippen LogP contribution in [-0.4, -0.2) is 10.3 Å². The van der Waals surface area contributed by atoms with Gasteiger partial charge in [0.15, 0.2) is 10.7 Å². The van der Waals surface area contributed by atoms with Crippen LogP contribution < -0.4 is 0 Å². The minimum absolute atomic E-state index is 0.0684. The highest BCUT2D eigenvalue weighted by Crippen LogP contribution is 2.16. The molecule has 12 heavy (non-hydrogen) atoms. The molecule has 0 spiro atoms. The van der Waals surface area contributed by atoms with Gasteiger partial charge < -0.3 is 4.55 Å². The van der Waals surface area contributed by atoms with Crippen molar-refractivity contribution in [2.24, 2.45) is 0 Å². The van der Waals surface area contributed by atoms with Crippen molar-refractivity contribution in [3.63, 3.8) is 0 Å². The van der Waals surface area contributed by atoms with Crippen LogP contribution in [0.5, 0.6) is 0 Å². The van der Waals surface area contributed by atoms with E-state index in [1.54, 1.807) is 6.92 Å². The molecule has 0 saturated heterocycles. The standard InChI is InChI=1S/C8H8F2OS/c1-2-12(11)8-4-3-6(9)5-7(8)10/h3-5H,2H2,1H3. The Labute approximate surface area is 72.6 Å². The van der Waals surface area contributed by atoms with Crippen molar-refractivity contribution in [3.8, 4) is 0 Å². The minimum atomic E-state index is -1.35. The van der Waals surface area contributed by atoms with Crippen molar-refractivity contribution >= 4 is 11.2 Å². The van der Waals surface area contributed by atoms with Gasteiger partial charge in [0, 0.05) is 6.07 Å². The highest BCUT2D eigenvalue weighted by atomic mass is 32.2. The third-order valence-electron chi connectivity index (χ3n) is 1.40. The highest BCUT2D eigenvalue weighted by molar-refractivity contribution is 7.91. The van der Waals surface area contributed by atoms with E-state index < -0.39 is 22.8 Å². The van der Waals surface area contributed by atoms with Gasteiger partial charge in [-0.25, -0.2) is 8.78 Å². The average molecular weight is 190 g/mol. The van der Waals surface area contributed by atoms with E-state index in [2.05, 4.69) is 0 Å². The van der Waals surface area contributed by atoms with E-state index in [0.717, 1.165) is 12.1 Å². The fourth-order valence-corrected chi connectivity index (χ4v) is 1.62. The van der Waals surface area contributed by atoms with Gasteiger partial charge in [0.2, 0.25) is 0 Å². The Bertz CT molecular complexity index is 278. The van der Waals surface area contributed by atoms with Gasteiger partial charge in [0.25, 0.3) is 0 Å². The number of hydrogen-bond donors (Lipinski definition) is 0. The Morgan fingerprint density at radius 2 is 2.08 bits per heavy atom. The summed E-state index contributed by atoms with van der Waals surface area (Å²) in [6, 6.07) is 3.05. The topological polar surface area (TPSA) is 23.1 Å². The summed E-state index contributed by atoms with van der Waals surface area (Å²) in [4.78, 5) is 0.0684. The van der Waals surface area contributed by atoms with Crippen molar-refractivity contribution < 1.29 is 13.3 Å². The predicted octanol–water partition coefficient (Wildman–Crippen LogP) is 2.09. The second-order valence-electron chi connectivity index (χ2n) is 2.21. The first-order chi connectivity index (χ1) is 5.65. The van der Waals surface area contributed by atoms with Crippen molar-refractivity contribution in [1.82, 2.24) is 0 Å². The predicted molar refractivity (Wildman–Crippen MR) is 43.3 cm³/mol. The van der Waals surface area contributed by atoms with E-state index in [0.29, 0.717) is 5.75 Å². The Morgan fingerprint density at radius 3 is 2.58 bits per heavy atom. The summed E-state index contributed by atoms with van der Waals surface area (Å²) in [7, 11) is 0. The van der Waals surface area contributed by atoms with Gasteiger partial charge in [-0.1, -0.05) is 0 Å². The van der Waals surface area contributed by atoms with E-state index in [9.17, 15) is 13.3 Å². The zero-order valence-electron chi connectivity index (χ0n) is 6.51. The van der Waals surface area contributed by atoms with Crippen molar-refractivity contribution in [2.75, 3.05) is 5.75 Å². The second-order valence-corrected chi connectivity index (χ2v) is 3.92. The Kier molecular flexibility index (Phi) is 3.05. The number of rotatable bonds is 2. The van der Waals surface area contributed by atoms with E-state index >= 15 is 0 Å². The van der Waals surface area contributed by atoms with Gasteiger partial charge in [-0.3, -0.25) is 0 Å². The molecule has 1 aromatic carbocycles. The maximum atomic E-state index is 12.9. The van der Waals surface area contributed by atoms with Crippen molar-refractivity contribution in [2.45, 2.75) is 11.8 Å². The van der Waals surface area contributed by atoms with E-state index in [1.165, 1.54) is 6.07 Å². The van der Waals surface area contributed by atoms with Gasteiger partial charge >= 0.3 is 0 Å². The van der Waals surface area contributed by atoms with E-state index in [1.807, 2.05) is 0 Å². The second kappa shape index (κ2) is 3.87. The Balaban J connectivity index is 3.01. The molecule has 0 bridgehead atoms. The molecule has 1 rings (SSSR count). The monoisotopic (exact) mass is 190 g/mol. The van der Waals surface area contributed by atoms with Gasteiger partial charge in [-0.15, -0.1) is 0 Å². The number of halogens is 2. The molecule has 66 valence electrons. The Morgan fingerprint density at radius 1 is 1.42 bits per heavy atom. The molecular formula is C8H8F2OS. The lowest BCUT2D eigenvalue weighted by molar-refractivity contribution is 0.549. The normalized spacial score (nSPS) is 13.0. The maximum Gasteiger partial charge on any atom is 0.188 e. The molecular weight excluding hydrogens is 182 g/mol. The molecule has 4 heteroatoms. The number of hydrogen-bond acceptors (Lipinski definition) is 1. The molecule has 0 aromatic heterocycles. The molecule has 0 saturated carbocycles. The van der Waals surface area contributed by atoms with Crippen molar-refractivity contribution in [3.05, 3.63) is 29.8 Å². The SMILES string of the molecule is CC[S+]([O-])c1ccc(F)cc1F. The molecule has 0 fully saturated rings. The largest absolute Gasteiger partial charge is 0.611 e. The summed E-state index contributed by atoms with van der Waals surface area (Å²) in [6.45, 7) is 1.68. The zero-order valence-corrected chi connectivity index (χ0v) is 7.33. The lowest BCUT2D eigenvalue weighted by Gasteiger charge is -2.07. The van der Waals surface area contributed by atoms with Crippen LogP contribution in [0.3, 0.4) is 0 Å². The smallest absolute Gasteiger partial charge is 0.188 e. The van der Waals surface area contributed by atoms with Gasteiger partial charge in [0.05, 0.1) is 0 Å². The average Bonchev–Trinajstić information content (AvgIpc) is 2.03. The summed E-state index contributed by atoms with van der Waals surface area (Å²) in [5, 5.41) is 0. The molecule has 0 heterocycles. The summed E-state index contributed by atoms with van der Waals surface area (Å²) in [6.07, 6.45) is 0. The molecule has 1 aromatic rings. The third kappa shape index (κ3) is 1.95.